The van der Waals surface area contributed by atoms with Crippen LogP contribution in [0.1, 0.15) is 43.0 Å². The molecule has 0 bridgehead atoms. The van der Waals surface area contributed by atoms with Crippen LogP contribution in [-0.2, 0) is 30.7 Å². The summed E-state index contributed by atoms with van der Waals surface area (Å²) >= 11 is 0. The highest BCUT2D eigenvalue weighted by Gasteiger charge is 2.35. The van der Waals surface area contributed by atoms with Gasteiger partial charge in [-0.1, -0.05) is 60.7 Å². The number of phenolic OH excluding ortho intramolecular Hbond substituents is 1. The first-order chi connectivity index (χ1) is 27.8. The zero-order chi connectivity index (χ0) is 39.0. The van der Waals surface area contributed by atoms with Gasteiger partial charge in [0, 0.05) is 68.3 Å². The number of nitrogens with zero attached hydrogens (tertiary/aromatic N) is 5. The number of carbonyl (C=O) groups excluding carboxylic acids is 2. The lowest BCUT2D eigenvalue weighted by molar-refractivity contribution is 0.0193. The van der Waals surface area contributed by atoms with E-state index in [9.17, 15) is 19.8 Å². The molecule has 1 atom stereocenters. The molecule has 3 amide bonds. The zero-order valence-corrected chi connectivity index (χ0v) is 31.5. The molecule has 0 saturated carbocycles. The van der Waals surface area contributed by atoms with Crippen LogP contribution >= 0.6 is 0 Å². The fourth-order valence-corrected chi connectivity index (χ4v) is 8.59. The van der Waals surface area contributed by atoms with Crippen LogP contribution in [0.5, 0.6) is 5.75 Å². The van der Waals surface area contributed by atoms with Crippen molar-refractivity contribution in [1.29, 1.82) is 0 Å². The maximum absolute atomic E-state index is 15.4. The normalized spacial score (nSPS) is 16.9. The molecule has 1 saturated heterocycles. The molecule has 5 aromatic carbocycles. The SMILES string of the molecule is O=C(O)N1CCc2cc(-n3cc(C(=O)N(c4ccccc4)c4ccc(O)cc4)c4ccccc43)c(C(=O)N3Cc4ccccc4C[C@H]3CN3CCOCC3)cc2C1. The highest BCUT2D eigenvalue weighted by molar-refractivity contribution is 6.17. The summed E-state index contributed by atoms with van der Waals surface area (Å²) in [5.74, 6) is -0.326. The lowest BCUT2D eigenvalue weighted by atomic mass is 9.91. The number of hydrogen-bond donors (Lipinski definition) is 2. The molecule has 11 nitrogen and oxygen atoms in total. The zero-order valence-electron chi connectivity index (χ0n) is 31.5. The Labute approximate surface area is 330 Å². The Kier molecular flexibility index (Phi) is 9.69. The fraction of sp³-hybridized carbons (Fsp3) is 0.239. The van der Waals surface area contributed by atoms with Crippen molar-refractivity contribution in [3.05, 3.63) is 155 Å². The second-order valence-electron chi connectivity index (χ2n) is 15.0. The van der Waals surface area contributed by atoms with Crippen LogP contribution in [0.3, 0.4) is 0 Å². The van der Waals surface area contributed by atoms with Crippen molar-refractivity contribution in [2.24, 2.45) is 0 Å². The fourth-order valence-electron chi connectivity index (χ4n) is 8.59. The molecule has 3 aliphatic heterocycles. The number of carboxylic acid groups (broad SMARTS) is 1. The van der Waals surface area contributed by atoms with Crippen molar-refractivity contribution in [1.82, 2.24) is 19.3 Å². The number of benzene rings is 5. The minimum absolute atomic E-state index is 0.0938. The van der Waals surface area contributed by atoms with E-state index in [0.717, 1.165) is 35.3 Å². The van der Waals surface area contributed by atoms with Crippen molar-refractivity contribution < 1.29 is 29.3 Å². The number of rotatable bonds is 7. The van der Waals surface area contributed by atoms with E-state index in [1.54, 1.807) is 29.2 Å². The molecule has 0 unspecified atom stereocenters. The highest BCUT2D eigenvalue weighted by Crippen LogP contribution is 2.36. The van der Waals surface area contributed by atoms with E-state index in [1.165, 1.54) is 10.5 Å². The predicted molar refractivity (Wildman–Crippen MR) is 217 cm³/mol. The van der Waals surface area contributed by atoms with Gasteiger partial charge in [0.2, 0.25) is 0 Å². The first-order valence-corrected chi connectivity index (χ1v) is 19.4. The summed E-state index contributed by atoms with van der Waals surface area (Å²) < 4.78 is 7.60. The van der Waals surface area contributed by atoms with E-state index in [4.69, 9.17) is 4.74 Å². The van der Waals surface area contributed by atoms with Crippen molar-refractivity contribution >= 4 is 40.2 Å². The Hall–Kier alpha value is -6.43. The van der Waals surface area contributed by atoms with Gasteiger partial charge in [-0.2, -0.15) is 0 Å². The summed E-state index contributed by atoms with van der Waals surface area (Å²) in [4.78, 5) is 49.8. The van der Waals surface area contributed by atoms with Gasteiger partial charge in [0.25, 0.3) is 11.8 Å². The molecule has 2 N–H and O–H groups in total. The van der Waals surface area contributed by atoms with E-state index >= 15 is 4.79 Å². The number of phenols is 1. The number of aromatic nitrogens is 1. The number of morpholine rings is 1. The van der Waals surface area contributed by atoms with E-state index < -0.39 is 6.09 Å². The number of para-hydroxylation sites is 2. The summed E-state index contributed by atoms with van der Waals surface area (Å²) in [6, 6.07) is 35.7. The van der Waals surface area contributed by atoms with Gasteiger partial charge >= 0.3 is 6.09 Å². The molecular weight excluding hydrogens is 719 g/mol. The maximum Gasteiger partial charge on any atom is 0.407 e. The average Bonchev–Trinajstić information content (AvgIpc) is 3.63. The minimum atomic E-state index is -0.994. The monoisotopic (exact) mass is 761 g/mol. The Bertz CT molecular complexity index is 2480. The molecular formula is C46H43N5O6. The van der Waals surface area contributed by atoms with Crippen molar-refractivity contribution in [3.63, 3.8) is 0 Å². The van der Waals surface area contributed by atoms with Gasteiger partial charge in [0.05, 0.1) is 35.5 Å². The van der Waals surface area contributed by atoms with Crippen molar-refractivity contribution in [2.45, 2.75) is 32.0 Å². The molecule has 0 spiro atoms. The summed E-state index contributed by atoms with van der Waals surface area (Å²) in [5.41, 5.74) is 7.64. The largest absolute Gasteiger partial charge is 0.508 e. The average molecular weight is 762 g/mol. The third-order valence-electron chi connectivity index (χ3n) is 11.5. The third-order valence-corrected chi connectivity index (χ3v) is 11.5. The number of hydrogen-bond acceptors (Lipinski definition) is 6. The summed E-state index contributed by atoms with van der Waals surface area (Å²) in [5, 5.41) is 20.8. The van der Waals surface area contributed by atoms with Gasteiger partial charge in [-0.15, -0.1) is 0 Å². The first-order valence-electron chi connectivity index (χ1n) is 19.4. The number of anilines is 2. The van der Waals surface area contributed by atoms with Gasteiger partial charge < -0.3 is 29.3 Å². The van der Waals surface area contributed by atoms with Gasteiger partial charge in [-0.3, -0.25) is 19.4 Å². The number of ether oxygens (including phenoxy) is 1. The maximum atomic E-state index is 15.4. The Balaban J connectivity index is 1.19. The molecule has 6 aromatic rings. The lowest BCUT2D eigenvalue weighted by Crippen LogP contribution is -2.52. The van der Waals surface area contributed by atoms with Crippen LogP contribution < -0.4 is 4.90 Å². The van der Waals surface area contributed by atoms with Crippen LogP contribution in [0.25, 0.3) is 16.6 Å². The topological polar surface area (TPSA) is 119 Å². The molecule has 9 rings (SSSR count). The Morgan fingerprint density at radius 3 is 2.19 bits per heavy atom. The Morgan fingerprint density at radius 1 is 0.719 bits per heavy atom. The van der Waals surface area contributed by atoms with Crippen molar-refractivity contribution in [3.8, 4) is 11.4 Å². The van der Waals surface area contributed by atoms with Gasteiger partial charge in [-0.05, 0) is 89.7 Å². The van der Waals surface area contributed by atoms with Crippen LogP contribution in [-0.4, -0.2) is 92.8 Å². The quantitative estimate of drug-likeness (QED) is 0.176. The molecule has 4 heterocycles. The molecule has 0 radical (unpaired) electrons. The molecule has 0 aliphatic carbocycles. The van der Waals surface area contributed by atoms with E-state index in [2.05, 4.69) is 23.1 Å². The third kappa shape index (κ3) is 7.00. The minimum Gasteiger partial charge on any atom is -0.508 e. The summed E-state index contributed by atoms with van der Waals surface area (Å²) in [6.07, 6.45) is 2.04. The molecule has 57 heavy (non-hydrogen) atoms. The molecule has 288 valence electrons. The van der Waals surface area contributed by atoms with E-state index in [0.29, 0.717) is 79.3 Å². The number of fused-ring (bicyclic) bond motifs is 3. The van der Waals surface area contributed by atoms with Crippen molar-refractivity contribution in [2.75, 3.05) is 44.3 Å². The highest BCUT2D eigenvalue weighted by atomic mass is 16.5. The second-order valence-corrected chi connectivity index (χ2v) is 15.0. The number of amides is 3. The van der Waals surface area contributed by atoms with Gasteiger partial charge in [-0.25, -0.2) is 4.79 Å². The van der Waals surface area contributed by atoms with Crippen LogP contribution in [0.2, 0.25) is 0 Å². The molecule has 11 heteroatoms. The van der Waals surface area contributed by atoms with Crippen LogP contribution in [0, 0.1) is 0 Å². The molecule has 3 aliphatic rings. The van der Waals surface area contributed by atoms with Crippen LogP contribution in [0.15, 0.2) is 121 Å². The first kappa shape index (κ1) is 36.2. The summed E-state index contributed by atoms with van der Waals surface area (Å²) in [6.45, 7) is 4.57. The number of aromatic hydroxyl groups is 1. The van der Waals surface area contributed by atoms with Gasteiger partial charge in [0.15, 0.2) is 0 Å². The predicted octanol–water partition coefficient (Wildman–Crippen LogP) is 7.25. The molecule has 1 fully saturated rings. The van der Waals surface area contributed by atoms with E-state index in [-0.39, 0.29) is 30.2 Å². The summed E-state index contributed by atoms with van der Waals surface area (Å²) in [7, 11) is 0. The second kappa shape index (κ2) is 15.2. The molecule has 1 aromatic heterocycles. The van der Waals surface area contributed by atoms with Crippen LogP contribution in [0.4, 0.5) is 16.2 Å². The smallest absolute Gasteiger partial charge is 0.407 e. The van der Waals surface area contributed by atoms with Gasteiger partial charge in [0.1, 0.15) is 5.75 Å². The van der Waals surface area contributed by atoms with E-state index in [1.807, 2.05) is 88.5 Å². The standard InChI is InChI=1S/C46H43N5O6/c52-38-16-14-36(15-17-38)51(35-10-2-1-3-11-35)45(54)41-30-50(42-13-7-6-12-39(41)42)43-26-32-18-19-48(46(55)56)27-34(32)25-40(43)44(53)49-28-33-9-5-4-8-31(33)24-37(49)29-47-20-22-57-23-21-47/h1-17,25-26,30,37,52H,18-24,27-29H2,(H,55,56)/t37-/m0/s1. The lowest BCUT2D eigenvalue weighted by Gasteiger charge is -2.41. The number of carbonyl (C=O) groups is 3. The Morgan fingerprint density at radius 2 is 1.42 bits per heavy atom.